The summed E-state index contributed by atoms with van der Waals surface area (Å²) in [7, 11) is 0. The molecule has 0 spiro atoms. The maximum atomic E-state index is 12.6. The van der Waals surface area contributed by atoms with Crippen LogP contribution in [-0.4, -0.2) is 17.1 Å². The molecule has 1 unspecified atom stereocenters. The quantitative estimate of drug-likeness (QED) is 0.854. The molecule has 112 valence electrons. The monoisotopic (exact) mass is 325 g/mol. The van der Waals surface area contributed by atoms with Crippen molar-refractivity contribution in [2.75, 3.05) is 5.75 Å². The fourth-order valence-electron chi connectivity index (χ4n) is 2.01. The average molecular weight is 326 g/mol. The Kier molecular flexibility index (Phi) is 4.83. The van der Waals surface area contributed by atoms with E-state index in [4.69, 9.17) is 5.73 Å². The van der Waals surface area contributed by atoms with Crippen molar-refractivity contribution >= 4 is 30.0 Å². The highest BCUT2D eigenvalue weighted by Gasteiger charge is 2.38. The van der Waals surface area contributed by atoms with Crippen LogP contribution < -0.4 is 5.73 Å². The van der Waals surface area contributed by atoms with Gasteiger partial charge in [-0.15, -0.1) is 24.2 Å². The van der Waals surface area contributed by atoms with Crippen LogP contribution in [0.15, 0.2) is 23.1 Å². The topological polar surface area (TPSA) is 43.1 Å². The molecule has 1 aliphatic heterocycles. The van der Waals surface area contributed by atoms with Crippen molar-refractivity contribution in [3.05, 3.63) is 29.3 Å². The summed E-state index contributed by atoms with van der Waals surface area (Å²) in [5.74, 6) is -0.131. The molecule has 0 fully saturated rings. The Morgan fingerprint density at radius 3 is 2.40 bits per heavy atom. The van der Waals surface area contributed by atoms with Gasteiger partial charge in [0.15, 0.2) is 5.78 Å². The van der Waals surface area contributed by atoms with Crippen molar-refractivity contribution in [3.63, 3.8) is 0 Å². The number of Topliss-reactive ketones (excluding diaryl/α,β-unsaturated/α-hetero) is 1. The van der Waals surface area contributed by atoms with E-state index in [0.717, 1.165) is 12.1 Å². The van der Waals surface area contributed by atoms with Gasteiger partial charge in [-0.2, -0.15) is 13.2 Å². The lowest BCUT2D eigenvalue weighted by atomic mass is 9.83. The van der Waals surface area contributed by atoms with E-state index in [9.17, 15) is 18.0 Å². The number of rotatable bonds is 1. The summed E-state index contributed by atoms with van der Waals surface area (Å²) in [6.45, 7) is 3.51. The molecule has 1 aromatic carbocycles. The molecule has 0 radical (unpaired) electrons. The number of alkyl halides is 3. The predicted molar refractivity (Wildman–Crippen MR) is 75.5 cm³/mol. The van der Waals surface area contributed by atoms with Crippen LogP contribution in [0.4, 0.5) is 13.2 Å². The summed E-state index contributed by atoms with van der Waals surface area (Å²) < 4.78 is 37.8. The summed E-state index contributed by atoms with van der Waals surface area (Å²) in [6.07, 6.45) is -4.39. The first kappa shape index (κ1) is 17.3. The van der Waals surface area contributed by atoms with Crippen molar-refractivity contribution in [2.45, 2.75) is 30.5 Å². The van der Waals surface area contributed by atoms with E-state index < -0.39 is 17.3 Å². The molecule has 0 saturated heterocycles. The first-order chi connectivity index (χ1) is 8.60. The predicted octanol–water partition coefficient (Wildman–Crippen LogP) is 3.77. The van der Waals surface area contributed by atoms with Crippen LogP contribution in [0.2, 0.25) is 0 Å². The largest absolute Gasteiger partial charge is 0.416 e. The standard InChI is InChI=1S/C13H14F3NOS.ClH/c1-12(2,17)9-6-19-10-5-7(13(14,15)16)3-4-8(10)11(9)18;/h3-5,9H,6,17H2,1-2H3;1H. The molecule has 2 N–H and O–H groups in total. The number of fused-ring (bicyclic) bond motifs is 1. The van der Waals surface area contributed by atoms with Crippen molar-refractivity contribution in [3.8, 4) is 0 Å². The molecule has 2 rings (SSSR count). The molecule has 7 heteroatoms. The third kappa shape index (κ3) is 3.30. The summed E-state index contributed by atoms with van der Waals surface area (Å²) in [4.78, 5) is 12.6. The summed E-state index contributed by atoms with van der Waals surface area (Å²) in [5, 5.41) is 0. The average Bonchev–Trinajstić information content (AvgIpc) is 2.26. The Labute approximate surface area is 125 Å². The van der Waals surface area contributed by atoms with Crippen molar-refractivity contribution < 1.29 is 18.0 Å². The Bertz CT molecular complexity index is 525. The summed E-state index contributed by atoms with van der Waals surface area (Å²) >= 11 is 1.26. The highest BCUT2D eigenvalue weighted by atomic mass is 35.5. The third-order valence-electron chi connectivity index (χ3n) is 3.19. The van der Waals surface area contributed by atoms with Gasteiger partial charge in [-0.1, -0.05) is 0 Å². The van der Waals surface area contributed by atoms with Crippen LogP contribution in [0.1, 0.15) is 29.8 Å². The minimum absolute atomic E-state index is 0. The van der Waals surface area contributed by atoms with Gasteiger partial charge in [0.1, 0.15) is 0 Å². The molecule has 0 bridgehead atoms. The van der Waals surface area contributed by atoms with E-state index in [1.165, 1.54) is 17.8 Å². The summed E-state index contributed by atoms with van der Waals surface area (Å²) in [6, 6.07) is 3.24. The molecule has 1 aliphatic rings. The van der Waals surface area contributed by atoms with Crippen LogP contribution in [0.25, 0.3) is 0 Å². The number of hydrogen-bond acceptors (Lipinski definition) is 3. The summed E-state index contributed by atoms with van der Waals surface area (Å²) in [5.41, 5.74) is 4.88. The Hall–Kier alpha value is -0.720. The minimum atomic E-state index is -4.39. The number of benzene rings is 1. The second-order valence-electron chi connectivity index (χ2n) is 5.26. The molecule has 2 nitrogen and oxygen atoms in total. The lowest BCUT2D eigenvalue weighted by molar-refractivity contribution is -0.137. The Balaban J connectivity index is 0.00000200. The third-order valence-corrected chi connectivity index (χ3v) is 4.34. The lowest BCUT2D eigenvalue weighted by Gasteiger charge is -2.33. The normalized spacial score (nSPS) is 19.3. The van der Waals surface area contributed by atoms with Gasteiger partial charge in [0.25, 0.3) is 0 Å². The maximum absolute atomic E-state index is 12.6. The number of hydrogen-bond donors (Lipinski definition) is 1. The van der Waals surface area contributed by atoms with E-state index in [1.54, 1.807) is 13.8 Å². The van der Waals surface area contributed by atoms with Crippen LogP contribution in [0.3, 0.4) is 0 Å². The van der Waals surface area contributed by atoms with Crippen molar-refractivity contribution in [2.24, 2.45) is 11.7 Å². The van der Waals surface area contributed by atoms with E-state index in [-0.39, 0.29) is 24.1 Å². The van der Waals surface area contributed by atoms with Gasteiger partial charge in [0.2, 0.25) is 0 Å². The van der Waals surface area contributed by atoms with Crippen LogP contribution in [0, 0.1) is 5.92 Å². The first-order valence-corrected chi connectivity index (χ1v) is 6.76. The number of carbonyl (C=O) groups is 1. The highest BCUT2D eigenvalue weighted by Crippen LogP contribution is 2.39. The molecule has 0 aliphatic carbocycles. The van der Waals surface area contributed by atoms with Gasteiger partial charge in [-0.05, 0) is 32.0 Å². The zero-order valence-electron chi connectivity index (χ0n) is 11.0. The molecule has 20 heavy (non-hydrogen) atoms. The van der Waals surface area contributed by atoms with E-state index >= 15 is 0 Å². The first-order valence-electron chi connectivity index (χ1n) is 5.78. The second-order valence-corrected chi connectivity index (χ2v) is 6.32. The van der Waals surface area contributed by atoms with Crippen LogP contribution in [-0.2, 0) is 6.18 Å². The Morgan fingerprint density at radius 2 is 1.90 bits per heavy atom. The highest BCUT2D eigenvalue weighted by molar-refractivity contribution is 7.99. The molecule has 1 heterocycles. The van der Waals surface area contributed by atoms with E-state index in [0.29, 0.717) is 16.2 Å². The van der Waals surface area contributed by atoms with E-state index in [1.807, 2.05) is 0 Å². The molecular weight excluding hydrogens is 311 g/mol. The van der Waals surface area contributed by atoms with Gasteiger partial charge in [-0.25, -0.2) is 0 Å². The van der Waals surface area contributed by atoms with Crippen molar-refractivity contribution in [1.82, 2.24) is 0 Å². The van der Waals surface area contributed by atoms with E-state index in [2.05, 4.69) is 0 Å². The second kappa shape index (κ2) is 5.58. The number of halogens is 4. The van der Waals surface area contributed by atoms with Gasteiger partial charge >= 0.3 is 6.18 Å². The lowest BCUT2D eigenvalue weighted by Crippen LogP contribution is -2.47. The number of thioether (sulfide) groups is 1. The fourth-order valence-corrected chi connectivity index (χ4v) is 3.47. The Morgan fingerprint density at radius 1 is 1.30 bits per heavy atom. The van der Waals surface area contributed by atoms with Crippen LogP contribution >= 0.6 is 24.2 Å². The zero-order chi connectivity index (χ0) is 14.4. The molecular formula is C13H15ClF3NOS. The molecule has 0 aromatic heterocycles. The number of nitrogens with two attached hydrogens (primary N) is 1. The smallest absolute Gasteiger partial charge is 0.325 e. The minimum Gasteiger partial charge on any atom is -0.325 e. The SMILES string of the molecule is CC(C)(N)C1CSc2cc(C(F)(F)F)ccc2C1=O.Cl. The molecule has 1 aromatic rings. The van der Waals surface area contributed by atoms with Gasteiger partial charge in [0.05, 0.1) is 5.56 Å². The van der Waals surface area contributed by atoms with Gasteiger partial charge in [0, 0.05) is 27.7 Å². The molecule has 0 saturated carbocycles. The number of ketones is 1. The van der Waals surface area contributed by atoms with Crippen LogP contribution in [0.5, 0.6) is 0 Å². The van der Waals surface area contributed by atoms with Gasteiger partial charge in [-0.3, -0.25) is 4.79 Å². The van der Waals surface area contributed by atoms with Gasteiger partial charge < -0.3 is 5.73 Å². The molecule has 0 amide bonds. The zero-order valence-corrected chi connectivity index (χ0v) is 12.6. The molecule has 1 atom stereocenters. The number of carbonyl (C=O) groups excluding carboxylic acids is 1. The fraction of sp³-hybridized carbons (Fsp3) is 0.462. The van der Waals surface area contributed by atoms with Crippen molar-refractivity contribution in [1.29, 1.82) is 0 Å². The maximum Gasteiger partial charge on any atom is 0.416 e.